The molecule has 1 aliphatic heterocycles. The van der Waals surface area contributed by atoms with Gasteiger partial charge >= 0.3 is 0 Å². The van der Waals surface area contributed by atoms with Gasteiger partial charge in [0.15, 0.2) is 5.69 Å². The van der Waals surface area contributed by atoms with E-state index in [0.29, 0.717) is 11.5 Å². The van der Waals surface area contributed by atoms with Crippen LogP contribution >= 0.6 is 0 Å². The molecule has 192 valence electrons. The third kappa shape index (κ3) is 4.29. The highest BCUT2D eigenvalue weighted by Gasteiger charge is 2.54. The Morgan fingerprint density at radius 3 is 2.56 bits per heavy atom. The van der Waals surface area contributed by atoms with Gasteiger partial charge in [-0.25, -0.2) is 4.98 Å². The fourth-order valence-electron chi connectivity index (χ4n) is 5.41. The van der Waals surface area contributed by atoms with Crippen LogP contribution < -0.4 is 20.1 Å². The van der Waals surface area contributed by atoms with Crippen molar-refractivity contribution in [3.63, 3.8) is 0 Å². The first kappa shape index (κ1) is 24.1. The van der Waals surface area contributed by atoms with E-state index in [-0.39, 0.29) is 48.4 Å². The lowest BCUT2D eigenvalue weighted by Crippen LogP contribution is -2.65. The molecular weight excluding hydrogens is 462 g/mol. The fraction of sp³-hybridized carbons (Fsp3) is 0.538. The molecule has 0 saturated heterocycles. The molecule has 2 saturated carbocycles. The highest BCUT2D eigenvalue weighted by molar-refractivity contribution is 6.07. The van der Waals surface area contributed by atoms with Crippen molar-refractivity contribution in [2.75, 3.05) is 14.2 Å². The van der Waals surface area contributed by atoms with E-state index in [1.807, 2.05) is 6.92 Å². The minimum absolute atomic E-state index is 0.00238. The zero-order chi connectivity index (χ0) is 25.4. The number of nitrogens with zero attached hydrogens (tertiary/aromatic N) is 3. The third-order valence-corrected chi connectivity index (χ3v) is 7.50. The Kier molecular flexibility index (Phi) is 6.36. The normalized spacial score (nSPS) is 21.8. The number of carbonyl (C=O) groups is 3. The molecule has 0 bridgehead atoms. The molecular formula is C26H33N5O5. The van der Waals surface area contributed by atoms with E-state index in [9.17, 15) is 14.4 Å². The maximum absolute atomic E-state index is 13.8. The molecule has 2 heterocycles. The van der Waals surface area contributed by atoms with Crippen LogP contribution in [-0.4, -0.2) is 64.0 Å². The minimum Gasteiger partial charge on any atom is -0.497 e. The van der Waals surface area contributed by atoms with E-state index < -0.39 is 11.4 Å². The summed E-state index contributed by atoms with van der Waals surface area (Å²) in [6.07, 6.45) is 7.35. The number of carbonyl (C=O) groups excluding carboxylic acids is 3. The number of hydrogen-bond donors (Lipinski definition) is 2. The fourth-order valence-corrected chi connectivity index (χ4v) is 5.41. The lowest BCUT2D eigenvalue weighted by atomic mass is 9.93. The van der Waals surface area contributed by atoms with Gasteiger partial charge in [-0.1, -0.05) is 12.8 Å². The Balaban J connectivity index is 1.38. The summed E-state index contributed by atoms with van der Waals surface area (Å²) in [6, 6.07) is 5.49. The zero-order valence-corrected chi connectivity index (χ0v) is 21.0. The number of aromatic nitrogens is 2. The van der Waals surface area contributed by atoms with E-state index in [2.05, 4.69) is 15.6 Å². The summed E-state index contributed by atoms with van der Waals surface area (Å²) in [7, 11) is 3.13. The molecule has 2 N–H and O–H groups in total. The lowest BCUT2D eigenvalue weighted by molar-refractivity contribution is -0.134. The Morgan fingerprint density at radius 2 is 1.89 bits per heavy atom. The van der Waals surface area contributed by atoms with Crippen LogP contribution in [0, 0.1) is 0 Å². The molecule has 36 heavy (non-hydrogen) atoms. The Morgan fingerprint density at radius 1 is 1.14 bits per heavy atom. The average molecular weight is 496 g/mol. The van der Waals surface area contributed by atoms with Crippen molar-refractivity contribution in [1.29, 1.82) is 0 Å². The molecule has 0 unspecified atom stereocenters. The number of rotatable bonds is 8. The number of ether oxygens (including phenoxy) is 2. The molecule has 2 aliphatic carbocycles. The summed E-state index contributed by atoms with van der Waals surface area (Å²) in [4.78, 5) is 46.4. The minimum atomic E-state index is -1.03. The predicted octanol–water partition coefficient (Wildman–Crippen LogP) is 2.27. The lowest BCUT2D eigenvalue weighted by Gasteiger charge is -2.44. The summed E-state index contributed by atoms with van der Waals surface area (Å²) in [6.45, 7) is 2.26. The van der Waals surface area contributed by atoms with Crippen molar-refractivity contribution in [2.24, 2.45) is 0 Å². The number of nitrogens with one attached hydrogen (secondary N) is 2. The van der Waals surface area contributed by atoms with Crippen LogP contribution in [0.3, 0.4) is 0 Å². The van der Waals surface area contributed by atoms with Gasteiger partial charge in [-0.05, 0) is 50.8 Å². The summed E-state index contributed by atoms with van der Waals surface area (Å²) in [5.74, 6) is 0.337. The monoisotopic (exact) mass is 495 g/mol. The second kappa shape index (κ2) is 9.48. The van der Waals surface area contributed by atoms with Crippen LogP contribution in [0.4, 0.5) is 0 Å². The second-order valence-electron chi connectivity index (χ2n) is 10.1. The third-order valence-electron chi connectivity index (χ3n) is 7.50. The first-order chi connectivity index (χ1) is 17.4. The first-order valence-electron chi connectivity index (χ1n) is 12.5. The number of imidazole rings is 1. The van der Waals surface area contributed by atoms with Gasteiger partial charge in [0.25, 0.3) is 11.8 Å². The molecule has 5 rings (SSSR count). The van der Waals surface area contributed by atoms with E-state index in [1.165, 1.54) is 6.33 Å². The highest BCUT2D eigenvalue weighted by atomic mass is 16.5. The van der Waals surface area contributed by atoms with Crippen molar-refractivity contribution >= 4 is 17.7 Å². The van der Waals surface area contributed by atoms with E-state index >= 15 is 0 Å². The first-order valence-corrected chi connectivity index (χ1v) is 12.5. The van der Waals surface area contributed by atoms with Crippen molar-refractivity contribution in [3.8, 4) is 11.5 Å². The smallest absolute Gasteiger partial charge is 0.274 e. The van der Waals surface area contributed by atoms with Gasteiger partial charge in [-0.15, -0.1) is 0 Å². The van der Waals surface area contributed by atoms with E-state index in [0.717, 1.165) is 44.1 Å². The number of amides is 3. The quantitative estimate of drug-likeness (QED) is 0.581. The molecule has 1 atom stereocenters. The van der Waals surface area contributed by atoms with Crippen LogP contribution in [0.2, 0.25) is 0 Å². The maximum Gasteiger partial charge on any atom is 0.274 e. The van der Waals surface area contributed by atoms with Gasteiger partial charge in [0.2, 0.25) is 5.91 Å². The van der Waals surface area contributed by atoms with E-state index in [1.54, 1.807) is 41.9 Å². The predicted molar refractivity (Wildman–Crippen MR) is 131 cm³/mol. The summed E-state index contributed by atoms with van der Waals surface area (Å²) < 4.78 is 12.3. The van der Waals surface area contributed by atoms with Crippen LogP contribution in [0.15, 0.2) is 24.5 Å². The van der Waals surface area contributed by atoms with Crippen molar-refractivity contribution in [3.05, 3.63) is 41.5 Å². The Bertz CT molecular complexity index is 1180. The zero-order valence-electron chi connectivity index (χ0n) is 21.0. The van der Waals surface area contributed by atoms with Crippen molar-refractivity contribution < 1.29 is 23.9 Å². The topological polar surface area (TPSA) is 115 Å². The number of benzene rings is 1. The Hall–Kier alpha value is -3.56. The van der Waals surface area contributed by atoms with Crippen molar-refractivity contribution in [1.82, 2.24) is 25.1 Å². The number of methoxy groups -OCH3 is 2. The molecule has 3 amide bonds. The number of hydrogen-bond acceptors (Lipinski definition) is 6. The molecule has 0 radical (unpaired) electrons. The molecule has 2 fully saturated rings. The van der Waals surface area contributed by atoms with Crippen LogP contribution in [0.5, 0.6) is 11.5 Å². The number of fused-ring (bicyclic) bond motifs is 1. The largest absolute Gasteiger partial charge is 0.497 e. The van der Waals surface area contributed by atoms with Gasteiger partial charge in [0.1, 0.15) is 22.7 Å². The van der Waals surface area contributed by atoms with Gasteiger partial charge < -0.3 is 29.6 Å². The standard InChI is InChI=1S/C26H33N5O5/c1-26(25(34)29-17-6-4-5-7-17)14-30-15-28-21(22(30)24(33)31(26)18-8-9-18)23(32)27-13-16-12-19(35-2)10-11-20(16)36-3/h10-12,15,17-18H,4-9,13-14H2,1-3H3,(H,27,32)(H,29,34)/t26-/m0/s1. The van der Waals surface area contributed by atoms with Crippen LogP contribution in [0.1, 0.15) is 72.0 Å². The maximum atomic E-state index is 13.8. The highest BCUT2D eigenvalue weighted by Crippen LogP contribution is 2.39. The van der Waals surface area contributed by atoms with E-state index in [4.69, 9.17) is 9.47 Å². The molecule has 10 heteroatoms. The molecule has 10 nitrogen and oxygen atoms in total. The average Bonchev–Trinajstić information content (AvgIpc) is 3.38. The van der Waals surface area contributed by atoms with Gasteiger partial charge in [0, 0.05) is 24.2 Å². The SMILES string of the molecule is COc1ccc(OC)c(CNC(=O)c2ncn3c2C(=O)N(C2CC2)[C@](C)(C(=O)NC2CCCC2)C3)c1. The molecule has 1 aromatic carbocycles. The van der Waals surface area contributed by atoms with Crippen LogP contribution in [0.25, 0.3) is 0 Å². The summed E-state index contributed by atoms with van der Waals surface area (Å²) in [5.41, 5.74) is -0.00902. The van der Waals surface area contributed by atoms with Gasteiger partial charge in [-0.2, -0.15) is 0 Å². The molecule has 2 aromatic rings. The Labute approximate surface area is 210 Å². The van der Waals surface area contributed by atoms with Crippen molar-refractivity contribution in [2.45, 2.75) is 76.2 Å². The van der Waals surface area contributed by atoms with Crippen LogP contribution in [-0.2, 0) is 17.9 Å². The van der Waals surface area contributed by atoms with Gasteiger partial charge in [0.05, 0.1) is 27.1 Å². The second-order valence-corrected chi connectivity index (χ2v) is 10.1. The molecule has 3 aliphatic rings. The molecule has 1 aromatic heterocycles. The summed E-state index contributed by atoms with van der Waals surface area (Å²) in [5, 5.41) is 6.02. The molecule has 0 spiro atoms. The van der Waals surface area contributed by atoms with Gasteiger partial charge in [-0.3, -0.25) is 14.4 Å². The summed E-state index contributed by atoms with van der Waals surface area (Å²) >= 11 is 0.